The molecule has 4 rings (SSSR count). The predicted octanol–water partition coefficient (Wildman–Crippen LogP) is 2.05. The largest absolute Gasteiger partial charge is 0.306 e. The Morgan fingerprint density at radius 1 is 1.48 bits per heavy atom. The van der Waals surface area contributed by atoms with Crippen molar-refractivity contribution < 1.29 is 0 Å². The first kappa shape index (κ1) is 13.2. The molecule has 0 amide bonds. The molecule has 0 bridgehead atoms. The zero-order valence-corrected chi connectivity index (χ0v) is 13.2. The maximum absolute atomic E-state index is 6.22. The summed E-state index contributed by atoms with van der Waals surface area (Å²) in [7, 11) is 0. The number of fused-ring (bicyclic) bond motifs is 2. The quantitative estimate of drug-likeness (QED) is 0.802. The highest BCUT2D eigenvalue weighted by Gasteiger charge is 2.21. The lowest BCUT2D eigenvalue weighted by Crippen LogP contribution is -2.37. The van der Waals surface area contributed by atoms with Gasteiger partial charge in [0.15, 0.2) is 10.1 Å². The van der Waals surface area contributed by atoms with E-state index in [0.29, 0.717) is 17.7 Å². The van der Waals surface area contributed by atoms with Gasteiger partial charge in [-0.25, -0.2) is 14.6 Å². The van der Waals surface area contributed by atoms with Crippen LogP contribution in [-0.2, 0) is 19.5 Å². The number of thiazole rings is 1. The molecule has 3 aromatic heterocycles. The summed E-state index contributed by atoms with van der Waals surface area (Å²) in [4.78, 5) is 9.73. The van der Waals surface area contributed by atoms with E-state index in [1.54, 1.807) is 11.3 Å². The Morgan fingerprint density at radius 3 is 3.29 bits per heavy atom. The van der Waals surface area contributed by atoms with Crippen LogP contribution in [0.15, 0.2) is 11.6 Å². The lowest BCUT2D eigenvalue weighted by molar-refractivity contribution is 0.356. The Balaban J connectivity index is 1.48. The van der Waals surface area contributed by atoms with Crippen LogP contribution in [-0.4, -0.2) is 30.2 Å². The van der Waals surface area contributed by atoms with Crippen LogP contribution in [0.5, 0.6) is 0 Å². The average Bonchev–Trinajstić information content (AvgIpc) is 3.10. The Hall–Kier alpha value is -1.44. The first-order valence-electron chi connectivity index (χ1n) is 6.94. The van der Waals surface area contributed by atoms with Crippen LogP contribution in [0.3, 0.4) is 0 Å². The minimum atomic E-state index is 0.388. The van der Waals surface area contributed by atoms with E-state index in [-0.39, 0.29) is 0 Å². The van der Waals surface area contributed by atoms with Crippen LogP contribution in [0.25, 0.3) is 4.96 Å². The maximum Gasteiger partial charge on any atom is 0.195 e. The van der Waals surface area contributed by atoms with E-state index in [1.165, 1.54) is 0 Å². The van der Waals surface area contributed by atoms with E-state index < -0.39 is 0 Å². The lowest BCUT2D eigenvalue weighted by atomic mass is 10.1. The molecule has 3 aromatic rings. The van der Waals surface area contributed by atoms with E-state index in [0.717, 1.165) is 41.7 Å². The van der Waals surface area contributed by atoms with Gasteiger partial charge in [-0.05, 0) is 13.3 Å². The van der Waals surface area contributed by atoms with Crippen LogP contribution < -0.4 is 5.32 Å². The number of nitrogens with one attached hydrogen (secondary N) is 1. The molecule has 1 aliphatic heterocycles. The molecule has 6 nitrogen and oxygen atoms in total. The third kappa shape index (κ3) is 2.35. The van der Waals surface area contributed by atoms with E-state index >= 15 is 0 Å². The number of aromatic nitrogens is 5. The summed E-state index contributed by atoms with van der Waals surface area (Å²) in [6.45, 7) is 3.51. The van der Waals surface area contributed by atoms with Gasteiger partial charge in [-0.1, -0.05) is 11.6 Å². The minimum Gasteiger partial charge on any atom is -0.306 e. The molecule has 1 atom stereocenters. The number of hydrogen-bond donors (Lipinski definition) is 1. The molecule has 1 unspecified atom stereocenters. The molecule has 1 N–H and O–H groups in total. The fourth-order valence-corrected chi connectivity index (χ4v) is 3.83. The number of halogens is 1. The minimum absolute atomic E-state index is 0.388. The number of aryl methyl sites for hydroxylation is 2. The van der Waals surface area contributed by atoms with Crippen LogP contribution in [0.4, 0.5) is 0 Å². The van der Waals surface area contributed by atoms with Crippen molar-refractivity contribution in [1.82, 2.24) is 29.5 Å². The van der Waals surface area contributed by atoms with Gasteiger partial charge in [0.2, 0.25) is 0 Å². The van der Waals surface area contributed by atoms with Crippen molar-refractivity contribution in [2.24, 2.45) is 0 Å². The molecule has 1 aliphatic rings. The molecule has 110 valence electrons. The highest BCUT2D eigenvalue weighted by atomic mass is 35.5. The molecule has 0 fully saturated rings. The normalized spacial score (nSPS) is 18.3. The van der Waals surface area contributed by atoms with E-state index in [9.17, 15) is 0 Å². The zero-order valence-electron chi connectivity index (χ0n) is 11.6. The highest BCUT2D eigenvalue weighted by molar-refractivity contribution is 7.15. The molecule has 0 spiro atoms. The second kappa shape index (κ2) is 5.08. The SMILES string of the molecule is Cc1nc2n(n1)CC(NCc1c(Cl)nc3sccn13)CC2. The van der Waals surface area contributed by atoms with Gasteiger partial charge >= 0.3 is 0 Å². The molecule has 21 heavy (non-hydrogen) atoms. The standard InChI is InChI=1S/C13H15ClN6S/c1-8-16-11-3-2-9(7-20(11)18-8)15-6-10-12(14)17-13-19(10)4-5-21-13/h4-5,9,15H,2-3,6-7H2,1H3. The smallest absolute Gasteiger partial charge is 0.195 e. The molecule has 4 heterocycles. The molecule has 8 heteroatoms. The summed E-state index contributed by atoms with van der Waals surface area (Å²) in [5.74, 6) is 1.94. The second-order valence-electron chi connectivity index (χ2n) is 5.28. The molecule has 0 saturated heterocycles. The van der Waals surface area contributed by atoms with Crippen LogP contribution in [0.1, 0.15) is 23.8 Å². The molecular weight excluding hydrogens is 308 g/mol. The number of imidazole rings is 1. The first-order chi connectivity index (χ1) is 10.2. The van der Waals surface area contributed by atoms with Crippen molar-refractivity contribution >= 4 is 27.9 Å². The van der Waals surface area contributed by atoms with Crippen molar-refractivity contribution in [1.29, 1.82) is 0 Å². The van der Waals surface area contributed by atoms with Gasteiger partial charge < -0.3 is 5.32 Å². The lowest BCUT2D eigenvalue weighted by Gasteiger charge is -2.23. The van der Waals surface area contributed by atoms with Gasteiger partial charge in [-0.15, -0.1) is 11.3 Å². The fourth-order valence-electron chi connectivity index (χ4n) is 2.81. The van der Waals surface area contributed by atoms with Crippen molar-refractivity contribution in [2.75, 3.05) is 0 Å². The molecule has 0 saturated carbocycles. The monoisotopic (exact) mass is 322 g/mol. The van der Waals surface area contributed by atoms with Gasteiger partial charge in [-0.2, -0.15) is 5.10 Å². The van der Waals surface area contributed by atoms with Crippen LogP contribution >= 0.6 is 22.9 Å². The summed E-state index contributed by atoms with van der Waals surface area (Å²) in [6.07, 6.45) is 4.05. The number of rotatable bonds is 3. The predicted molar refractivity (Wildman–Crippen MR) is 81.8 cm³/mol. The molecule has 0 aromatic carbocycles. The van der Waals surface area contributed by atoms with Crippen LogP contribution in [0, 0.1) is 6.92 Å². The van der Waals surface area contributed by atoms with Gasteiger partial charge in [0, 0.05) is 30.6 Å². The zero-order chi connectivity index (χ0) is 14.4. The van der Waals surface area contributed by atoms with E-state index in [1.807, 2.05) is 27.6 Å². The third-order valence-electron chi connectivity index (χ3n) is 3.83. The average molecular weight is 323 g/mol. The maximum atomic E-state index is 6.22. The Morgan fingerprint density at radius 2 is 2.38 bits per heavy atom. The summed E-state index contributed by atoms with van der Waals surface area (Å²) in [5.41, 5.74) is 1.02. The van der Waals surface area contributed by atoms with Crippen molar-refractivity contribution in [3.63, 3.8) is 0 Å². The Bertz CT molecular complexity index is 788. The van der Waals surface area contributed by atoms with E-state index in [4.69, 9.17) is 11.6 Å². The molecule has 0 radical (unpaired) electrons. The van der Waals surface area contributed by atoms with Crippen LogP contribution in [0.2, 0.25) is 5.15 Å². The fraction of sp³-hybridized carbons (Fsp3) is 0.462. The Labute approximate surface area is 130 Å². The summed E-state index contributed by atoms with van der Waals surface area (Å²) >= 11 is 7.81. The van der Waals surface area contributed by atoms with Crippen molar-refractivity contribution in [3.8, 4) is 0 Å². The van der Waals surface area contributed by atoms with Crippen molar-refractivity contribution in [2.45, 2.75) is 38.9 Å². The van der Waals surface area contributed by atoms with Gasteiger partial charge in [0.1, 0.15) is 11.6 Å². The van der Waals surface area contributed by atoms with E-state index in [2.05, 4.69) is 20.4 Å². The number of nitrogens with zero attached hydrogens (tertiary/aromatic N) is 5. The number of hydrogen-bond acceptors (Lipinski definition) is 5. The third-order valence-corrected chi connectivity index (χ3v) is 4.89. The van der Waals surface area contributed by atoms with Crippen molar-refractivity contribution in [3.05, 3.63) is 34.1 Å². The first-order valence-corrected chi connectivity index (χ1v) is 8.20. The molecular formula is C13H15ClN6S. The second-order valence-corrected chi connectivity index (χ2v) is 6.51. The Kier molecular flexibility index (Phi) is 3.20. The van der Waals surface area contributed by atoms with Gasteiger partial charge in [0.25, 0.3) is 0 Å². The molecule has 0 aliphatic carbocycles. The highest BCUT2D eigenvalue weighted by Crippen LogP contribution is 2.21. The summed E-state index contributed by atoms with van der Waals surface area (Å²) in [5, 5.41) is 10.6. The summed E-state index contributed by atoms with van der Waals surface area (Å²) < 4.78 is 4.06. The summed E-state index contributed by atoms with van der Waals surface area (Å²) in [6, 6.07) is 0.388. The van der Waals surface area contributed by atoms with Gasteiger partial charge in [-0.3, -0.25) is 4.40 Å². The van der Waals surface area contributed by atoms with Gasteiger partial charge in [0.05, 0.1) is 12.2 Å². The topological polar surface area (TPSA) is 60.0 Å².